The molecular formula is C17H32N2O. The third-order valence-corrected chi connectivity index (χ3v) is 5.72. The highest BCUT2D eigenvalue weighted by atomic mass is 16.5. The predicted molar refractivity (Wildman–Crippen MR) is 83.0 cm³/mol. The Balaban J connectivity index is 1.34. The van der Waals surface area contributed by atoms with Crippen LogP contribution in [0.5, 0.6) is 0 Å². The zero-order chi connectivity index (χ0) is 14.3. The van der Waals surface area contributed by atoms with Crippen LogP contribution in [0.1, 0.15) is 53.4 Å². The molecule has 3 rings (SSSR count). The normalized spacial score (nSPS) is 29.1. The molecule has 3 nitrogen and oxygen atoms in total. The van der Waals surface area contributed by atoms with Gasteiger partial charge in [0.25, 0.3) is 0 Å². The number of piperidine rings is 1. The highest BCUT2D eigenvalue weighted by Gasteiger charge is 2.53. The number of rotatable bonds is 4. The van der Waals surface area contributed by atoms with Crippen molar-refractivity contribution in [1.82, 2.24) is 9.80 Å². The average molecular weight is 280 g/mol. The molecule has 3 heteroatoms. The Morgan fingerprint density at radius 2 is 1.40 bits per heavy atom. The maximum atomic E-state index is 6.34. The van der Waals surface area contributed by atoms with E-state index in [0.717, 1.165) is 6.04 Å². The van der Waals surface area contributed by atoms with Gasteiger partial charge in [0.1, 0.15) is 0 Å². The van der Waals surface area contributed by atoms with E-state index in [1.807, 2.05) is 0 Å². The van der Waals surface area contributed by atoms with E-state index in [4.69, 9.17) is 4.74 Å². The van der Waals surface area contributed by atoms with Crippen molar-refractivity contribution < 1.29 is 4.74 Å². The molecule has 2 saturated heterocycles. The predicted octanol–water partition coefficient (Wildman–Crippen LogP) is 2.75. The molecule has 0 aromatic heterocycles. The largest absolute Gasteiger partial charge is 0.375 e. The van der Waals surface area contributed by atoms with Crippen LogP contribution in [0.3, 0.4) is 0 Å². The molecule has 3 aliphatic rings. The lowest BCUT2D eigenvalue weighted by Gasteiger charge is -2.60. The van der Waals surface area contributed by atoms with Crippen molar-refractivity contribution in [3.05, 3.63) is 0 Å². The number of ether oxygens (including phenoxy) is 1. The van der Waals surface area contributed by atoms with Crippen molar-refractivity contribution in [3.63, 3.8) is 0 Å². The first kappa shape index (κ1) is 14.8. The molecule has 1 saturated carbocycles. The topological polar surface area (TPSA) is 15.7 Å². The fraction of sp³-hybridized carbons (Fsp3) is 1.00. The summed E-state index contributed by atoms with van der Waals surface area (Å²) in [5.74, 6) is 0. The smallest absolute Gasteiger partial charge is 0.0603 e. The van der Waals surface area contributed by atoms with Crippen molar-refractivity contribution in [2.45, 2.75) is 77.7 Å². The van der Waals surface area contributed by atoms with Crippen LogP contribution in [-0.2, 0) is 4.74 Å². The van der Waals surface area contributed by atoms with Gasteiger partial charge in [-0.3, -0.25) is 4.90 Å². The summed E-state index contributed by atoms with van der Waals surface area (Å²) in [7, 11) is 0. The molecule has 1 spiro atoms. The molecule has 0 amide bonds. The zero-order valence-corrected chi connectivity index (χ0v) is 13.8. The van der Waals surface area contributed by atoms with Gasteiger partial charge in [0.15, 0.2) is 0 Å². The van der Waals surface area contributed by atoms with Gasteiger partial charge in [0.05, 0.1) is 12.2 Å². The summed E-state index contributed by atoms with van der Waals surface area (Å²) in [6.07, 6.45) is 6.22. The summed E-state index contributed by atoms with van der Waals surface area (Å²) in [5.41, 5.74) is 0.646. The molecule has 0 aromatic carbocycles. The van der Waals surface area contributed by atoms with Gasteiger partial charge in [0.2, 0.25) is 0 Å². The molecule has 0 unspecified atom stereocenters. The Kier molecular flexibility index (Phi) is 4.13. The van der Waals surface area contributed by atoms with Gasteiger partial charge >= 0.3 is 0 Å². The zero-order valence-electron chi connectivity index (χ0n) is 13.8. The number of hydrogen-bond acceptors (Lipinski definition) is 3. The minimum absolute atomic E-state index is 0.536. The third kappa shape index (κ3) is 2.90. The van der Waals surface area contributed by atoms with Gasteiger partial charge in [-0.2, -0.15) is 0 Å². The second-order valence-electron chi connectivity index (χ2n) is 7.99. The van der Waals surface area contributed by atoms with Gasteiger partial charge in [-0.25, -0.2) is 0 Å². The highest BCUT2D eigenvalue weighted by Crippen LogP contribution is 2.50. The molecule has 0 aromatic rings. The Hall–Kier alpha value is -0.120. The Labute approximate surface area is 124 Å². The number of hydrogen-bond donors (Lipinski definition) is 0. The van der Waals surface area contributed by atoms with Crippen LogP contribution in [0.25, 0.3) is 0 Å². The first-order valence-corrected chi connectivity index (χ1v) is 8.61. The van der Waals surface area contributed by atoms with Crippen molar-refractivity contribution in [2.24, 2.45) is 5.41 Å². The number of nitrogens with zero attached hydrogens (tertiary/aromatic N) is 2. The summed E-state index contributed by atoms with van der Waals surface area (Å²) in [6.45, 7) is 14.3. The first-order chi connectivity index (χ1) is 9.47. The fourth-order valence-electron chi connectivity index (χ4n) is 4.24. The fourth-order valence-corrected chi connectivity index (χ4v) is 4.24. The van der Waals surface area contributed by atoms with Crippen molar-refractivity contribution in [1.29, 1.82) is 0 Å². The SMILES string of the molecule is CC(C)N1CCC(OC2CC3(C2)CN(C(C)C)C3)CC1. The van der Waals surface area contributed by atoms with E-state index in [0.29, 0.717) is 23.7 Å². The molecular weight excluding hydrogens is 248 g/mol. The van der Waals surface area contributed by atoms with Gasteiger partial charge in [0, 0.05) is 43.7 Å². The lowest BCUT2D eigenvalue weighted by molar-refractivity contribution is -0.180. The molecule has 0 radical (unpaired) electrons. The highest BCUT2D eigenvalue weighted by molar-refractivity contribution is 5.06. The molecule has 2 heterocycles. The molecule has 3 fully saturated rings. The third-order valence-electron chi connectivity index (χ3n) is 5.72. The van der Waals surface area contributed by atoms with Crippen LogP contribution in [0, 0.1) is 5.41 Å². The molecule has 0 N–H and O–H groups in total. The van der Waals surface area contributed by atoms with Crippen LogP contribution in [0.15, 0.2) is 0 Å². The molecule has 116 valence electrons. The minimum Gasteiger partial charge on any atom is -0.375 e. The minimum atomic E-state index is 0.536. The van der Waals surface area contributed by atoms with Crippen molar-refractivity contribution in [3.8, 4) is 0 Å². The maximum Gasteiger partial charge on any atom is 0.0603 e. The maximum absolute atomic E-state index is 6.34. The van der Waals surface area contributed by atoms with Crippen LogP contribution >= 0.6 is 0 Å². The van der Waals surface area contributed by atoms with E-state index in [1.54, 1.807) is 0 Å². The summed E-state index contributed by atoms with van der Waals surface area (Å²) in [6, 6.07) is 1.42. The summed E-state index contributed by atoms with van der Waals surface area (Å²) in [5, 5.41) is 0. The standard InChI is InChI=1S/C17H32N2O/c1-13(2)18-7-5-15(6-8-18)20-16-9-17(10-16)11-19(12-17)14(3)4/h13-16H,5-12H2,1-4H3. The van der Waals surface area contributed by atoms with Gasteiger partial charge < -0.3 is 9.64 Å². The second-order valence-corrected chi connectivity index (χ2v) is 7.99. The van der Waals surface area contributed by atoms with Crippen molar-refractivity contribution in [2.75, 3.05) is 26.2 Å². The van der Waals surface area contributed by atoms with E-state index in [-0.39, 0.29) is 0 Å². The summed E-state index contributed by atoms with van der Waals surface area (Å²) >= 11 is 0. The van der Waals surface area contributed by atoms with Crippen LogP contribution in [0.4, 0.5) is 0 Å². The molecule has 0 atom stereocenters. The lowest BCUT2D eigenvalue weighted by Crippen LogP contribution is -2.65. The molecule has 1 aliphatic carbocycles. The lowest BCUT2D eigenvalue weighted by atomic mass is 9.61. The number of likely N-dealkylation sites (tertiary alicyclic amines) is 2. The second kappa shape index (κ2) is 5.58. The van der Waals surface area contributed by atoms with E-state index in [1.165, 1.54) is 51.9 Å². The van der Waals surface area contributed by atoms with Crippen LogP contribution in [-0.4, -0.2) is 60.3 Å². The van der Waals surface area contributed by atoms with Crippen LogP contribution in [0.2, 0.25) is 0 Å². The monoisotopic (exact) mass is 280 g/mol. The van der Waals surface area contributed by atoms with Gasteiger partial charge in [-0.05, 0) is 53.4 Å². The van der Waals surface area contributed by atoms with Gasteiger partial charge in [-0.1, -0.05) is 0 Å². The van der Waals surface area contributed by atoms with E-state index < -0.39 is 0 Å². The Bertz CT molecular complexity index is 320. The van der Waals surface area contributed by atoms with Crippen LogP contribution < -0.4 is 0 Å². The Morgan fingerprint density at radius 3 is 1.90 bits per heavy atom. The molecule has 0 bridgehead atoms. The molecule has 20 heavy (non-hydrogen) atoms. The summed E-state index contributed by atoms with van der Waals surface area (Å²) in [4.78, 5) is 5.17. The Morgan fingerprint density at radius 1 is 0.850 bits per heavy atom. The van der Waals surface area contributed by atoms with E-state index in [9.17, 15) is 0 Å². The molecule has 2 aliphatic heterocycles. The average Bonchev–Trinajstić information content (AvgIpc) is 2.30. The van der Waals surface area contributed by atoms with Gasteiger partial charge in [-0.15, -0.1) is 0 Å². The summed E-state index contributed by atoms with van der Waals surface area (Å²) < 4.78 is 6.34. The van der Waals surface area contributed by atoms with Crippen molar-refractivity contribution >= 4 is 0 Å². The van der Waals surface area contributed by atoms with E-state index >= 15 is 0 Å². The first-order valence-electron chi connectivity index (χ1n) is 8.61. The van der Waals surface area contributed by atoms with E-state index in [2.05, 4.69) is 37.5 Å². The quantitative estimate of drug-likeness (QED) is 0.787.